The average molecular weight is 298 g/mol. The molecule has 1 aliphatic carbocycles. The summed E-state index contributed by atoms with van der Waals surface area (Å²) in [7, 11) is 0. The Morgan fingerprint density at radius 2 is 1.81 bits per heavy atom. The lowest BCUT2D eigenvalue weighted by atomic mass is 9.73. The number of rotatable bonds is 0. The highest BCUT2D eigenvalue weighted by Crippen LogP contribution is 2.44. The first-order valence-corrected chi connectivity index (χ1v) is 7.18. The summed E-state index contributed by atoms with van der Waals surface area (Å²) in [4.78, 5) is 12.5. The second-order valence-corrected chi connectivity index (χ2v) is 5.87. The van der Waals surface area contributed by atoms with E-state index in [0.717, 1.165) is 38.2 Å². The number of amides is 1. The van der Waals surface area contributed by atoms with Crippen LogP contribution in [0.2, 0.25) is 0 Å². The molecule has 1 saturated carbocycles. The Balaban J connectivity index is 1.99. The third-order valence-electron chi connectivity index (χ3n) is 4.51. The fourth-order valence-electron chi connectivity index (χ4n) is 3.31. The van der Waals surface area contributed by atoms with Gasteiger partial charge in [0.25, 0.3) is 0 Å². The fraction of sp³-hybridized carbons (Fsp3) is 0.533. The molecular weight excluding hydrogens is 281 g/mol. The molecule has 21 heavy (non-hydrogen) atoms. The van der Waals surface area contributed by atoms with Crippen molar-refractivity contribution in [2.45, 2.75) is 38.3 Å². The van der Waals surface area contributed by atoms with Gasteiger partial charge in [-0.3, -0.25) is 4.79 Å². The first-order chi connectivity index (χ1) is 9.92. The molecule has 0 aromatic heterocycles. The van der Waals surface area contributed by atoms with E-state index in [9.17, 15) is 18.0 Å². The molecule has 1 spiro atoms. The van der Waals surface area contributed by atoms with E-state index >= 15 is 0 Å². The zero-order valence-electron chi connectivity index (χ0n) is 11.5. The van der Waals surface area contributed by atoms with Gasteiger partial charge in [0.2, 0.25) is 5.91 Å². The maximum Gasteiger partial charge on any atom is 0.418 e. The van der Waals surface area contributed by atoms with E-state index in [1.807, 2.05) is 0 Å². The van der Waals surface area contributed by atoms with Gasteiger partial charge >= 0.3 is 6.18 Å². The lowest BCUT2D eigenvalue weighted by Crippen LogP contribution is -2.41. The third kappa shape index (κ3) is 2.47. The van der Waals surface area contributed by atoms with Gasteiger partial charge in [-0.2, -0.15) is 13.2 Å². The Morgan fingerprint density at radius 1 is 1.10 bits per heavy atom. The number of anilines is 2. The number of halogens is 3. The average Bonchev–Trinajstić information content (AvgIpc) is 2.57. The molecule has 3 rings (SSSR count). The predicted octanol–water partition coefficient (Wildman–Crippen LogP) is 4.02. The van der Waals surface area contributed by atoms with E-state index in [2.05, 4.69) is 10.6 Å². The van der Waals surface area contributed by atoms with Gasteiger partial charge in [-0.25, -0.2) is 0 Å². The first kappa shape index (κ1) is 14.2. The third-order valence-corrected chi connectivity index (χ3v) is 4.51. The number of fused-ring (bicyclic) bond motifs is 1. The lowest BCUT2D eigenvalue weighted by molar-refractivity contribution is -0.137. The lowest BCUT2D eigenvalue weighted by Gasteiger charge is -2.34. The number of carbonyl (C=O) groups excluding carboxylic acids is 1. The van der Waals surface area contributed by atoms with Crippen molar-refractivity contribution in [3.63, 3.8) is 0 Å². The van der Waals surface area contributed by atoms with Gasteiger partial charge in [0, 0.05) is 6.54 Å². The SMILES string of the molecule is O=C1Nc2cccc(C(F)(F)F)c2NCC12CCCCC2. The predicted molar refractivity (Wildman–Crippen MR) is 74.1 cm³/mol. The highest BCUT2D eigenvalue weighted by Gasteiger charge is 2.43. The van der Waals surface area contributed by atoms with Crippen LogP contribution in [-0.2, 0) is 11.0 Å². The summed E-state index contributed by atoms with van der Waals surface area (Å²) < 4.78 is 39.3. The fourth-order valence-corrected chi connectivity index (χ4v) is 3.31. The minimum atomic E-state index is -4.44. The van der Waals surface area contributed by atoms with E-state index in [-0.39, 0.29) is 23.8 Å². The van der Waals surface area contributed by atoms with Crippen LogP contribution in [0.4, 0.5) is 24.5 Å². The monoisotopic (exact) mass is 298 g/mol. The number of alkyl halides is 3. The van der Waals surface area contributed by atoms with E-state index in [0.29, 0.717) is 0 Å². The van der Waals surface area contributed by atoms with Gasteiger partial charge in [-0.05, 0) is 25.0 Å². The molecule has 2 N–H and O–H groups in total. The molecule has 1 aromatic carbocycles. The summed E-state index contributed by atoms with van der Waals surface area (Å²) in [6, 6.07) is 3.87. The molecule has 1 aliphatic heterocycles. The number of hydrogen-bond donors (Lipinski definition) is 2. The van der Waals surface area contributed by atoms with Crippen LogP contribution in [0.5, 0.6) is 0 Å². The number of para-hydroxylation sites is 1. The molecule has 0 bridgehead atoms. The normalized spacial score (nSPS) is 21.2. The van der Waals surface area contributed by atoms with Crippen molar-refractivity contribution < 1.29 is 18.0 Å². The topological polar surface area (TPSA) is 41.1 Å². The molecule has 1 fully saturated rings. The Morgan fingerprint density at radius 3 is 2.48 bits per heavy atom. The minimum Gasteiger partial charge on any atom is -0.382 e. The number of hydrogen-bond acceptors (Lipinski definition) is 2. The van der Waals surface area contributed by atoms with Gasteiger partial charge in [0.1, 0.15) is 0 Å². The Bertz CT molecular complexity index is 563. The van der Waals surface area contributed by atoms with E-state index < -0.39 is 17.2 Å². The number of carbonyl (C=O) groups is 1. The van der Waals surface area contributed by atoms with Crippen LogP contribution in [0, 0.1) is 5.41 Å². The molecule has 0 saturated heterocycles. The summed E-state index contributed by atoms with van der Waals surface area (Å²) >= 11 is 0. The van der Waals surface area contributed by atoms with Crippen LogP contribution < -0.4 is 10.6 Å². The summed E-state index contributed by atoms with van der Waals surface area (Å²) in [6.45, 7) is 0.263. The van der Waals surface area contributed by atoms with Crippen molar-refractivity contribution in [3.8, 4) is 0 Å². The first-order valence-electron chi connectivity index (χ1n) is 7.18. The summed E-state index contributed by atoms with van der Waals surface area (Å²) in [6.07, 6.45) is -0.0274. The highest BCUT2D eigenvalue weighted by molar-refractivity contribution is 6.00. The van der Waals surface area contributed by atoms with E-state index in [1.54, 1.807) is 0 Å². The summed E-state index contributed by atoms with van der Waals surface area (Å²) in [5, 5.41) is 5.58. The molecule has 1 amide bonds. The molecule has 1 aromatic rings. The van der Waals surface area contributed by atoms with Crippen molar-refractivity contribution in [3.05, 3.63) is 23.8 Å². The second kappa shape index (κ2) is 4.93. The summed E-state index contributed by atoms with van der Waals surface area (Å²) in [5.74, 6) is -0.159. The quantitative estimate of drug-likeness (QED) is 0.759. The van der Waals surface area contributed by atoms with Crippen LogP contribution in [0.1, 0.15) is 37.7 Å². The molecule has 1 heterocycles. The largest absolute Gasteiger partial charge is 0.418 e. The van der Waals surface area contributed by atoms with E-state index in [4.69, 9.17) is 0 Å². The van der Waals surface area contributed by atoms with Gasteiger partial charge in [-0.1, -0.05) is 25.3 Å². The van der Waals surface area contributed by atoms with E-state index in [1.165, 1.54) is 12.1 Å². The zero-order valence-corrected chi connectivity index (χ0v) is 11.5. The summed E-state index contributed by atoms with van der Waals surface area (Å²) in [5.41, 5.74) is -1.11. The van der Waals surface area contributed by atoms with Crippen LogP contribution in [0.3, 0.4) is 0 Å². The van der Waals surface area contributed by atoms with Crippen LogP contribution in [0.15, 0.2) is 18.2 Å². The minimum absolute atomic E-state index is 0.0131. The second-order valence-electron chi connectivity index (χ2n) is 5.87. The molecule has 3 nitrogen and oxygen atoms in total. The smallest absolute Gasteiger partial charge is 0.382 e. The molecule has 0 radical (unpaired) electrons. The Labute approximate surface area is 120 Å². The number of benzene rings is 1. The van der Waals surface area contributed by atoms with Crippen molar-refractivity contribution in [1.29, 1.82) is 0 Å². The van der Waals surface area contributed by atoms with Crippen LogP contribution in [-0.4, -0.2) is 12.5 Å². The maximum atomic E-state index is 13.1. The molecule has 0 atom stereocenters. The number of nitrogens with one attached hydrogen (secondary N) is 2. The highest BCUT2D eigenvalue weighted by atomic mass is 19.4. The van der Waals surface area contributed by atoms with Crippen LogP contribution in [0.25, 0.3) is 0 Å². The molecule has 0 unspecified atom stereocenters. The molecule has 114 valence electrons. The van der Waals surface area contributed by atoms with Crippen molar-refractivity contribution in [2.24, 2.45) is 5.41 Å². The van der Waals surface area contributed by atoms with Crippen molar-refractivity contribution in [1.82, 2.24) is 0 Å². The van der Waals surface area contributed by atoms with Gasteiger partial charge in [-0.15, -0.1) is 0 Å². The molecule has 6 heteroatoms. The van der Waals surface area contributed by atoms with Gasteiger partial charge in [0.05, 0.1) is 22.4 Å². The van der Waals surface area contributed by atoms with Crippen molar-refractivity contribution >= 4 is 17.3 Å². The van der Waals surface area contributed by atoms with Crippen molar-refractivity contribution in [2.75, 3.05) is 17.2 Å². The Kier molecular flexibility index (Phi) is 3.34. The standard InChI is InChI=1S/C15H17F3N2O/c16-15(17,18)10-5-4-6-11-12(10)19-9-14(13(21)20-11)7-2-1-3-8-14/h4-6,19H,1-3,7-9H2,(H,20,21). The zero-order chi connectivity index (χ0) is 15.1. The maximum absolute atomic E-state index is 13.1. The molecule has 2 aliphatic rings. The molecular formula is C15H17F3N2O. The van der Waals surface area contributed by atoms with Gasteiger partial charge in [0.15, 0.2) is 0 Å². The Hall–Kier alpha value is -1.72. The van der Waals surface area contributed by atoms with Gasteiger partial charge < -0.3 is 10.6 Å². The van der Waals surface area contributed by atoms with Crippen LogP contribution >= 0.6 is 0 Å².